The first kappa shape index (κ1) is 15.9. The molecule has 1 aromatic heterocycles. The number of carbonyl (C=O) groups is 1. The van der Waals surface area contributed by atoms with Gasteiger partial charge in [0.05, 0.1) is 6.42 Å². The molecule has 0 fully saturated rings. The zero-order chi connectivity index (χ0) is 16.8. The van der Waals surface area contributed by atoms with Crippen LogP contribution < -0.4 is 0 Å². The molecule has 0 aliphatic carbocycles. The van der Waals surface area contributed by atoms with Crippen LogP contribution in [-0.2, 0) is 22.6 Å². The van der Waals surface area contributed by atoms with Gasteiger partial charge in [0.25, 0.3) is 0 Å². The number of rotatable bonds is 6. The summed E-state index contributed by atoms with van der Waals surface area (Å²) in [7, 11) is 0. The molecular weight excluding hydrogens is 304 g/mol. The summed E-state index contributed by atoms with van der Waals surface area (Å²) in [6.07, 6.45) is 0.578. The zero-order valence-corrected chi connectivity index (χ0v) is 13.4. The van der Waals surface area contributed by atoms with E-state index in [1.54, 1.807) is 0 Å². The van der Waals surface area contributed by atoms with Gasteiger partial charge in [-0.2, -0.15) is 0 Å². The van der Waals surface area contributed by atoms with Crippen molar-refractivity contribution in [3.05, 3.63) is 71.6 Å². The molecule has 0 atom stereocenters. The highest BCUT2D eigenvalue weighted by Crippen LogP contribution is 2.18. The molecular formula is C19H18N2O3. The van der Waals surface area contributed by atoms with Crippen LogP contribution in [0.4, 0.5) is 0 Å². The summed E-state index contributed by atoms with van der Waals surface area (Å²) in [5.41, 5.74) is 3.00. The monoisotopic (exact) mass is 322 g/mol. The molecule has 0 aliphatic heterocycles. The summed E-state index contributed by atoms with van der Waals surface area (Å²) in [4.78, 5) is 11.8. The number of carbonyl (C=O) groups excluding carboxylic acids is 1. The van der Waals surface area contributed by atoms with E-state index in [1.165, 1.54) is 5.56 Å². The number of nitrogens with zero attached hydrogens (tertiary/aromatic N) is 2. The third-order valence-electron chi connectivity index (χ3n) is 3.55. The van der Waals surface area contributed by atoms with Crippen LogP contribution in [0.5, 0.6) is 0 Å². The van der Waals surface area contributed by atoms with Crippen LogP contribution in [0.15, 0.2) is 59.0 Å². The molecule has 1 heterocycles. The van der Waals surface area contributed by atoms with Gasteiger partial charge in [0, 0.05) is 12.0 Å². The van der Waals surface area contributed by atoms with Gasteiger partial charge in [-0.1, -0.05) is 48.0 Å². The highest BCUT2D eigenvalue weighted by atomic mass is 16.5. The van der Waals surface area contributed by atoms with E-state index in [0.717, 1.165) is 11.1 Å². The molecule has 3 rings (SSSR count). The lowest BCUT2D eigenvalue weighted by Gasteiger charge is -2.03. The third kappa shape index (κ3) is 4.29. The zero-order valence-electron chi connectivity index (χ0n) is 13.4. The van der Waals surface area contributed by atoms with Gasteiger partial charge in [-0.25, -0.2) is 0 Å². The minimum Gasteiger partial charge on any atom is -0.461 e. The van der Waals surface area contributed by atoms with E-state index in [9.17, 15) is 4.79 Å². The Bertz CT molecular complexity index is 795. The van der Waals surface area contributed by atoms with Crippen LogP contribution in [0.25, 0.3) is 11.5 Å². The van der Waals surface area contributed by atoms with Gasteiger partial charge < -0.3 is 9.15 Å². The summed E-state index contributed by atoms with van der Waals surface area (Å²) in [6.45, 7) is 2.29. The molecule has 122 valence electrons. The normalized spacial score (nSPS) is 10.5. The van der Waals surface area contributed by atoms with Gasteiger partial charge in [-0.3, -0.25) is 4.79 Å². The maximum Gasteiger partial charge on any atom is 0.306 e. The van der Waals surface area contributed by atoms with Crippen LogP contribution in [-0.4, -0.2) is 16.2 Å². The Balaban J connectivity index is 1.50. The van der Waals surface area contributed by atoms with Crippen molar-refractivity contribution in [1.82, 2.24) is 10.2 Å². The largest absolute Gasteiger partial charge is 0.461 e. The topological polar surface area (TPSA) is 65.2 Å². The van der Waals surface area contributed by atoms with Gasteiger partial charge in [0.1, 0.15) is 6.61 Å². The van der Waals surface area contributed by atoms with Crippen LogP contribution in [0, 0.1) is 6.92 Å². The lowest BCUT2D eigenvalue weighted by atomic mass is 10.1. The molecule has 0 saturated carbocycles. The van der Waals surface area contributed by atoms with Gasteiger partial charge in [-0.05, 0) is 24.6 Å². The smallest absolute Gasteiger partial charge is 0.306 e. The van der Waals surface area contributed by atoms with Crippen molar-refractivity contribution in [2.75, 3.05) is 0 Å². The molecule has 0 N–H and O–H groups in total. The molecule has 0 unspecified atom stereocenters. The van der Waals surface area contributed by atoms with E-state index < -0.39 is 0 Å². The molecule has 5 nitrogen and oxygen atoms in total. The Morgan fingerprint density at radius 2 is 1.79 bits per heavy atom. The number of aryl methyl sites for hydroxylation is 2. The average molecular weight is 322 g/mol. The van der Waals surface area contributed by atoms with Crippen molar-refractivity contribution in [3.63, 3.8) is 0 Å². The maximum absolute atomic E-state index is 11.8. The Morgan fingerprint density at radius 3 is 2.54 bits per heavy atom. The number of hydrogen-bond donors (Lipinski definition) is 0. The second-order valence-corrected chi connectivity index (χ2v) is 5.51. The Hall–Kier alpha value is -2.95. The molecule has 0 bridgehead atoms. The van der Waals surface area contributed by atoms with Gasteiger partial charge >= 0.3 is 5.97 Å². The van der Waals surface area contributed by atoms with E-state index in [-0.39, 0.29) is 19.0 Å². The fourth-order valence-corrected chi connectivity index (χ4v) is 2.19. The van der Waals surface area contributed by atoms with E-state index in [0.29, 0.717) is 18.2 Å². The lowest BCUT2D eigenvalue weighted by Crippen LogP contribution is -2.06. The summed E-state index contributed by atoms with van der Waals surface area (Å²) >= 11 is 0. The molecule has 3 aromatic rings. The first-order valence-corrected chi connectivity index (χ1v) is 7.80. The second kappa shape index (κ2) is 7.55. The predicted octanol–water partition coefficient (Wildman–Crippen LogP) is 3.72. The molecule has 24 heavy (non-hydrogen) atoms. The fraction of sp³-hybridized carbons (Fsp3) is 0.211. The quantitative estimate of drug-likeness (QED) is 0.647. The molecule has 0 amide bonds. The maximum atomic E-state index is 11.8. The fourth-order valence-electron chi connectivity index (χ4n) is 2.19. The second-order valence-electron chi connectivity index (χ2n) is 5.51. The number of benzene rings is 2. The molecule has 0 saturated heterocycles. The molecule has 0 aliphatic rings. The molecule has 5 heteroatoms. The summed E-state index contributed by atoms with van der Waals surface area (Å²) in [5, 5.41) is 8.00. The Labute approximate surface area is 140 Å². The molecule has 0 radical (unpaired) electrons. The average Bonchev–Trinajstić information content (AvgIpc) is 3.09. The number of esters is 1. The van der Waals surface area contributed by atoms with E-state index in [4.69, 9.17) is 9.15 Å². The first-order chi connectivity index (χ1) is 11.7. The minimum atomic E-state index is -0.283. The van der Waals surface area contributed by atoms with E-state index >= 15 is 0 Å². The first-order valence-electron chi connectivity index (χ1n) is 7.80. The predicted molar refractivity (Wildman–Crippen MR) is 89.0 cm³/mol. The van der Waals surface area contributed by atoms with Gasteiger partial charge in [0.15, 0.2) is 0 Å². The highest BCUT2D eigenvalue weighted by Gasteiger charge is 2.11. The van der Waals surface area contributed by atoms with Gasteiger partial charge in [0.2, 0.25) is 11.8 Å². The minimum absolute atomic E-state index is 0.211. The van der Waals surface area contributed by atoms with Gasteiger partial charge in [-0.15, -0.1) is 10.2 Å². The number of aromatic nitrogens is 2. The van der Waals surface area contributed by atoms with Crippen molar-refractivity contribution in [2.24, 2.45) is 0 Å². The van der Waals surface area contributed by atoms with E-state index in [2.05, 4.69) is 10.2 Å². The van der Waals surface area contributed by atoms with E-state index in [1.807, 2.05) is 61.5 Å². The van der Waals surface area contributed by atoms with Crippen molar-refractivity contribution < 1.29 is 13.9 Å². The molecule has 2 aromatic carbocycles. The Kier molecular flexibility index (Phi) is 5.01. The SMILES string of the molecule is Cc1ccc(-c2nnc(CCC(=O)OCc3ccccc3)o2)cc1. The number of ether oxygens (including phenoxy) is 1. The van der Waals surface area contributed by atoms with Crippen LogP contribution in [0.2, 0.25) is 0 Å². The standard InChI is InChI=1S/C19H18N2O3/c1-14-7-9-16(10-8-14)19-21-20-17(24-19)11-12-18(22)23-13-15-5-3-2-4-6-15/h2-10H,11-13H2,1H3. The molecule has 0 spiro atoms. The van der Waals surface area contributed by atoms with Crippen molar-refractivity contribution in [1.29, 1.82) is 0 Å². The van der Waals surface area contributed by atoms with Crippen LogP contribution in [0.1, 0.15) is 23.4 Å². The Morgan fingerprint density at radius 1 is 1.04 bits per heavy atom. The lowest BCUT2D eigenvalue weighted by molar-refractivity contribution is -0.145. The van der Waals surface area contributed by atoms with Crippen LogP contribution in [0.3, 0.4) is 0 Å². The van der Waals surface area contributed by atoms with Crippen LogP contribution >= 0.6 is 0 Å². The summed E-state index contributed by atoms with van der Waals surface area (Å²) < 4.78 is 10.8. The highest BCUT2D eigenvalue weighted by molar-refractivity contribution is 5.69. The third-order valence-corrected chi connectivity index (χ3v) is 3.55. The van der Waals surface area contributed by atoms with Crippen molar-refractivity contribution in [3.8, 4) is 11.5 Å². The summed E-state index contributed by atoms with van der Waals surface area (Å²) in [5.74, 6) is 0.610. The summed E-state index contributed by atoms with van der Waals surface area (Å²) in [6, 6.07) is 17.4. The number of hydrogen-bond acceptors (Lipinski definition) is 5. The van der Waals surface area contributed by atoms with Crippen molar-refractivity contribution in [2.45, 2.75) is 26.4 Å². The van der Waals surface area contributed by atoms with Crippen molar-refractivity contribution >= 4 is 5.97 Å².